The molecular weight excluding hydrogens is 480 g/mol. The molecule has 2 aliphatic rings. The highest BCUT2D eigenvalue weighted by molar-refractivity contribution is 7.80. The van der Waals surface area contributed by atoms with Gasteiger partial charge in [0.25, 0.3) is 5.91 Å². The quantitative estimate of drug-likeness (QED) is 0.328. The molecule has 5 nitrogen and oxygen atoms in total. The topological polar surface area (TPSA) is 50.8 Å². The highest BCUT2D eigenvalue weighted by atomic mass is 35.5. The minimum absolute atomic E-state index is 0.0475. The molecule has 4 rings (SSSR count). The van der Waals surface area contributed by atoms with Gasteiger partial charge in [0.15, 0.2) is 5.11 Å². The van der Waals surface area contributed by atoms with E-state index in [-0.39, 0.29) is 17.9 Å². The van der Waals surface area contributed by atoms with Crippen LogP contribution < -0.4 is 14.8 Å². The first kappa shape index (κ1) is 25.5. The molecule has 186 valence electrons. The maximum atomic E-state index is 13.1. The van der Waals surface area contributed by atoms with Crippen molar-refractivity contribution in [2.24, 2.45) is 0 Å². The Morgan fingerprint density at radius 3 is 2.60 bits per heavy atom. The number of rotatable bonds is 7. The molecule has 2 aromatic rings. The molecule has 7 heteroatoms. The molecule has 35 heavy (non-hydrogen) atoms. The number of carbonyl (C=O) groups is 1. The zero-order valence-electron chi connectivity index (χ0n) is 20.8. The van der Waals surface area contributed by atoms with Gasteiger partial charge in [-0.1, -0.05) is 50.8 Å². The molecule has 0 aromatic heterocycles. The van der Waals surface area contributed by atoms with Gasteiger partial charge in [-0.3, -0.25) is 9.69 Å². The summed E-state index contributed by atoms with van der Waals surface area (Å²) < 4.78 is 11.8. The highest BCUT2D eigenvalue weighted by Gasteiger charge is 2.36. The predicted molar refractivity (Wildman–Crippen MR) is 145 cm³/mol. The lowest BCUT2D eigenvalue weighted by Gasteiger charge is -2.29. The van der Waals surface area contributed by atoms with Gasteiger partial charge in [0, 0.05) is 16.6 Å². The number of aryl methyl sites for hydroxylation is 1. The van der Waals surface area contributed by atoms with Gasteiger partial charge >= 0.3 is 0 Å². The lowest BCUT2D eigenvalue weighted by Crippen LogP contribution is -2.41. The zero-order valence-corrected chi connectivity index (χ0v) is 22.4. The van der Waals surface area contributed by atoms with Crippen LogP contribution in [0.5, 0.6) is 11.5 Å². The van der Waals surface area contributed by atoms with E-state index in [0.717, 1.165) is 64.5 Å². The van der Waals surface area contributed by atoms with Gasteiger partial charge in [0.1, 0.15) is 23.8 Å². The molecule has 1 saturated heterocycles. The third kappa shape index (κ3) is 5.65. The Morgan fingerprint density at radius 2 is 1.91 bits per heavy atom. The third-order valence-electron chi connectivity index (χ3n) is 6.76. The van der Waals surface area contributed by atoms with Crippen molar-refractivity contribution >= 4 is 40.9 Å². The average Bonchev–Trinajstić information content (AvgIpc) is 3.12. The first-order valence-corrected chi connectivity index (χ1v) is 13.0. The second-order valence-electron chi connectivity index (χ2n) is 9.61. The van der Waals surface area contributed by atoms with E-state index in [1.807, 2.05) is 43.3 Å². The Labute approximate surface area is 218 Å². The summed E-state index contributed by atoms with van der Waals surface area (Å²) in [5.74, 6) is 1.77. The highest BCUT2D eigenvalue weighted by Crippen LogP contribution is 2.33. The number of ether oxygens (including phenoxy) is 2. The lowest BCUT2D eigenvalue weighted by atomic mass is 9.94. The van der Waals surface area contributed by atoms with Crippen LogP contribution in [0.2, 0.25) is 5.02 Å². The lowest BCUT2D eigenvalue weighted by molar-refractivity contribution is -0.124. The second kappa shape index (κ2) is 11.0. The van der Waals surface area contributed by atoms with E-state index in [4.69, 9.17) is 33.3 Å². The predicted octanol–water partition coefficient (Wildman–Crippen LogP) is 6.75. The standard InChI is InChI=1S/C28H33ClN2O3S/c1-17(2)22-15-23(29)18(3)12-26(22)34-16-20-13-19(10-11-25(20)33-4)14-24-27(32)31(28(35)30-24)21-8-6-5-7-9-21/h10-15,17,21H,5-9,16H2,1-4H3,(H,30,35)/b24-14+. The van der Waals surface area contributed by atoms with Crippen molar-refractivity contribution in [1.82, 2.24) is 10.2 Å². The van der Waals surface area contributed by atoms with Gasteiger partial charge < -0.3 is 14.8 Å². The number of thiocarbonyl (C=S) groups is 1. The molecule has 1 N–H and O–H groups in total. The van der Waals surface area contributed by atoms with Gasteiger partial charge in [-0.25, -0.2) is 0 Å². The summed E-state index contributed by atoms with van der Waals surface area (Å²) in [5, 5.41) is 4.37. The van der Waals surface area contributed by atoms with Crippen molar-refractivity contribution in [1.29, 1.82) is 0 Å². The van der Waals surface area contributed by atoms with Crippen LogP contribution in [-0.4, -0.2) is 29.1 Å². The van der Waals surface area contributed by atoms with Crippen LogP contribution in [0.15, 0.2) is 36.0 Å². The monoisotopic (exact) mass is 512 g/mol. The molecule has 2 fully saturated rings. The number of methoxy groups -OCH3 is 1. The second-order valence-corrected chi connectivity index (χ2v) is 10.4. The Hall–Kier alpha value is -2.57. The smallest absolute Gasteiger partial charge is 0.276 e. The van der Waals surface area contributed by atoms with Gasteiger partial charge in [-0.05, 0) is 84.9 Å². The Morgan fingerprint density at radius 1 is 1.17 bits per heavy atom. The minimum Gasteiger partial charge on any atom is -0.496 e. The summed E-state index contributed by atoms with van der Waals surface area (Å²) in [5.41, 5.74) is 4.31. The molecule has 1 amide bonds. The van der Waals surface area contributed by atoms with E-state index in [1.165, 1.54) is 6.42 Å². The van der Waals surface area contributed by atoms with Gasteiger partial charge in [-0.15, -0.1) is 0 Å². The molecule has 1 saturated carbocycles. The number of benzene rings is 2. The van der Waals surface area contributed by atoms with Crippen LogP contribution in [0.1, 0.15) is 74.1 Å². The molecule has 1 aliphatic carbocycles. The summed E-state index contributed by atoms with van der Waals surface area (Å²) in [6, 6.07) is 9.98. The Bertz CT molecular complexity index is 1160. The van der Waals surface area contributed by atoms with E-state index < -0.39 is 0 Å². The molecule has 1 heterocycles. The fraction of sp³-hybridized carbons (Fsp3) is 0.429. The number of nitrogens with zero attached hydrogens (tertiary/aromatic N) is 1. The molecule has 0 unspecified atom stereocenters. The molecular formula is C28H33ClN2O3S. The SMILES string of the molecule is COc1ccc(/C=C2/NC(=S)N(C3CCCCC3)C2=O)cc1COc1cc(C)c(Cl)cc1C(C)C. The summed E-state index contributed by atoms with van der Waals surface area (Å²) in [4.78, 5) is 14.9. The molecule has 0 radical (unpaired) electrons. The summed E-state index contributed by atoms with van der Waals surface area (Å²) >= 11 is 11.9. The largest absolute Gasteiger partial charge is 0.496 e. The van der Waals surface area contributed by atoms with Crippen LogP contribution in [0.4, 0.5) is 0 Å². The van der Waals surface area contributed by atoms with Crippen molar-refractivity contribution in [2.75, 3.05) is 7.11 Å². The van der Waals surface area contributed by atoms with Crippen LogP contribution in [0.25, 0.3) is 6.08 Å². The molecule has 0 atom stereocenters. The van der Waals surface area contributed by atoms with Crippen molar-refractivity contribution < 1.29 is 14.3 Å². The van der Waals surface area contributed by atoms with Crippen molar-refractivity contribution in [3.63, 3.8) is 0 Å². The van der Waals surface area contributed by atoms with E-state index in [2.05, 4.69) is 19.2 Å². The zero-order chi connectivity index (χ0) is 25.1. The molecule has 1 aliphatic heterocycles. The number of hydrogen-bond acceptors (Lipinski definition) is 4. The van der Waals surface area contributed by atoms with Gasteiger partial charge in [0.05, 0.1) is 7.11 Å². The Kier molecular flexibility index (Phi) is 8.02. The molecule has 0 spiro atoms. The van der Waals surface area contributed by atoms with Crippen molar-refractivity contribution in [3.8, 4) is 11.5 Å². The van der Waals surface area contributed by atoms with E-state index in [1.54, 1.807) is 12.0 Å². The van der Waals surface area contributed by atoms with Gasteiger partial charge in [0.2, 0.25) is 0 Å². The van der Waals surface area contributed by atoms with E-state index >= 15 is 0 Å². The number of nitrogens with one attached hydrogen (secondary N) is 1. The van der Waals surface area contributed by atoms with Crippen LogP contribution in [-0.2, 0) is 11.4 Å². The summed E-state index contributed by atoms with van der Waals surface area (Å²) in [6.07, 6.45) is 7.38. The van der Waals surface area contributed by atoms with Crippen LogP contribution in [0.3, 0.4) is 0 Å². The minimum atomic E-state index is -0.0475. The van der Waals surface area contributed by atoms with Crippen LogP contribution in [0, 0.1) is 6.92 Å². The summed E-state index contributed by atoms with van der Waals surface area (Å²) in [6.45, 7) is 6.54. The Balaban J connectivity index is 1.56. The normalized spacial score (nSPS) is 17.9. The fourth-order valence-corrected chi connectivity index (χ4v) is 5.30. The fourth-order valence-electron chi connectivity index (χ4n) is 4.79. The molecule has 0 bridgehead atoms. The first-order chi connectivity index (χ1) is 16.8. The number of amides is 1. The van der Waals surface area contributed by atoms with Crippen molar-refractivity contribution in [3.05, 3.63) is 63.3 Å². The third-order valence-corrected chi connectivity index (χ3v) is 7.47. The summed E-state index contributed by atoms with van der Waals surface area (Å²) in [7, 11) is 1.64. The van der Waals surface area contributed by atoms with Crippen molar-refractivity contribution in [2.45, 2.75) is 71.4 Å². The average molecular weight is 513 g/mol. The number of halogens is 1. The number of carbonyl (C=O) groups excluding carboxylic acids is 1. The molecule has 2 aromatic carbocycles. The van der Waals surface area contributed by atoms with Gasteiger partial charge in [-0.2, -0.15) is 0 Å². The van der Waals surface area contributed by atoms with E-state index in [9.17, 15) is 4.79 Å². The van der Waals surface area contributed by atoms with E-state index in [0.29, 0.717) is 17.4 Å². The maximum Gasteiger partial charge on any atom is 0.276 e. The maximum absolute atomic E-state index is 13.1. The first-order valence-electron chi connectivity index (χ1n) is 12.2. The number of hydrogen-bond donors (Lipinski definition) is 1. The van der Waals surface area contributed by atoms with Crippen LogP contribution >= 0.6 is 23.8 Å².